The van der Waals surface area contributed by atoms with Gasteiger partial charge in [-0.15, -0.1) is 0 Å². The molecule has 1 aromatic rings. The Bertz CT molecular complexity index is 598. The van der Waals surface area contributed by atoms with Gasteiger partial charge in [0.15, 0.2) is 11.8 Å². The summed E-state index contributed by atoms with van der Waals surface area (Å²) in [6.45, 7) is -0.541. The van der Waals surface area contributed by atoms with Crippen molar-refractivity contribution in [3.63, 3.8) is 0 Å². The number of ether oxygens (including phenoxy) is 1. The normalized spacial score (nSPS) is 11.6. The van der Waals surface area contributed by atoms with Crippen molar-refractivity contribution in [3.05, 3.63) is 42.0 Å². The van der Waals surface area contributed by atoms with Gasteiger partial charge in [-0.3, -0.25) is 19.3 Å². The van der Waals surface area contributed by atoms with Crippen molar-refractivity contribution >= 4 is 30.1 Å². The standard InChI is InChI=1S/C16H17N2O5/c1-17-16(22)18(10-15(21)23-2)13(11-19)14(20)9-8-12-6-4-3-5-7-12/h3-9,13H,10H2,1-2H3,(H,17,22). The molecule has 1 aromatic carbocycles. The zero-order chi connectivity index (χ0) is 17.2. The largest absolute Gasteiger partial charge is 0.468 e. The van der Waals surface area contributed by atoms with E-state index in [2.05, 4.69) is 10.1 Å². The molecular formula is C16H17N2O5. The summed E-state index contributed by atoms with van der Waals surface area (Å²) >= 11 is 0. The molecule has 7 nitrogen and oxygen atoms in total. The van der Waals surface area contributed by atoms with Crippen molar-refractivity contribution in [2.24, 2.45) is 0 Å². The zero-order valence-electron chi connectivity index (χ0n) is 12.8. The molecule has 0 saturated carbocycles. The van der Waals surface area contributed by atoms with Crippen LogP contribution in [0.5, 0.6) is 0 Å². The highest BCUT2D eigenvalue weighted by Gasteiger charge is 2.30. The summed E-state index contributed by atoms with van der Waals surface area (Å²) in [6.07, 6.45) is 4.16. The number of carbonyl (C=O) groups is 3. The smallest absolute Gasteiger partial charge is 0.325 e. The lowest BCUT2D eigenvalue weighted by Crippen LogP contribution is -2.51. The van der Waals surface area contributed by atoms with Crippen LogP contribution in [0, 0.1) is 0 Å². The lowest BCUT2D eigenvalue weighted by Gasteiger charge is -2.24. The Hall–Kier alpha value is -2.96. The first-order valence-electron chi connectivity index (χ1n) is 6.73. The summed E-state index contributed by atoms with van der Waals surface area (Å²) in [5, 5.41) is 2.26. The Kier molecular flexibility index (Phi) is 7.19. The van der Waals surface area contributed by atoms with Gasteiger partial charge in [-0.2, -0.15) is 0 Å². The van der Waals surface area contributed by atoms with Crippen LogP contribution in [0.15, 0.2) is 36.4 Å². The van der Waals surface area contributed by atoms with Gasteiger partial charge >= 0.3 is 12.0 Å². The molecule has 0 aliphatic rings. The second-order valence-corrected chi connectivity index (χ2v) is 4.43. The van der Waals surface area contributed by atoms with Gasteiger partial charge in [0.1, 0.15) is 6.54 Å². The molecule has 0 heterocycles. The molecule has 1 unspecified atom stereocenters. The van der Waals surface area contributed by atoms with E-state index in [1.54, 1.807) is 24.3 Å². The van der Waals surface area contributed by atoms with Crippen molar-refractivity contribution in [1.29, 1.82) is 0 Å². The lowest BCUT2D eigenvalue weighted by atomic mass is 10.1. The monoisotopic (exact) mass is 317 g/mol. The number of hydrogen-bond acceptors (Lipinski definition) is 5. The first-order valence-corrected chi connectivity index (χ1v) is 6.73. The van der Waals surface area contributed by atoms with Crippen molar-refractivity contribution < 1.29 is 23.9 Å². The summed E-state index contributed by atoms with van der Waals surface area (Å²) < 4.78 is 4.46. The Morgan fingerprint density at radius 2 is 1.96 bits per heavy atom. The molecule has 0 bridgehead atoms. The first-order chi connectivity index (χ1) is 11.0. The van der Waals surface area contributed by atoms with Crippen molar-refractivity contribution in [2.75, 3.05) is 20.7 Å². The SMILES string of the molecule is CNC(=O)N(CC(=O)OC)C([C]=O)C(=O)C=Cc1ccccc1. The molecule has 1 radical (unpaired) electrons. The van der Waals surface area contributed by atoms with Gasteiger partial charge in [-0.05, 0) is 11.6 Å². The summed E-state index contributed by atoms with van der Waals surface area (Å²) in [7, 11) is 2.46. The number of nitrogens with one attached hydrogen (secondary N) is 1. The van der Waals surface area contributed by atoms with Crippen LogP contribution in [-0.4, -0.2) is 55.7 Å². The molecule has 1 N–H and O–H groups in total. The van der Waals surface area contributed by atoms with E-state index in [0.717, 1.165) is 23.6 Å². The molecule has 7 heteroatoms. The predicted octanol–water partition coefficient (Wildman–Crippen LogP) is 0.562. The number of ketones is 1. The molecule has 0 aliphatic carbocycles. The minimum absolute atomic E-state index is 0.541. The van der Waals surface area contributed by atoms with Crippen LogP contribution in [-0.2, 0) is 19.1 Å². The van der Waals surface area contributed by atoms with E-state index in [1.807, 2.05) is 6.07 Å². The fourth-order valence-corrected chi connectivity index (χ4v) is 1.74. The number of esters is 1. The van der Waals surface area contributed by atoms with Gasteiger partial charge in [0.2, 0.25) is 6.29 Å². The topological polar surface area (TPSA) is 92.8 Å². The maximum absolute atomic E-state index is 12.2. The molecule has 0 aromatic heterocycles. The van der Waals surface area contributed by atoms with Crippen LogP contribution in [0.25, 0.3) is 6.08 Å². The Morgan fingerprint density at radius 3 is 2.48 bits per heavy atom. The van der Waals surface area contributed by atoms with Crippen molar-refractivity contribution in [3.8, 4) is 0 Å². The number of nitrogens with zero attached hydrogens (tertiary/aromatic N) is 1. The number of benzene rings is 1. The zero-order valence-corrected chi connectivity index (χ0v) is 12.8. The maximum atomic E-state index is 12.2. The highest BCUT2D eigenvalue weighted by molar-refractivity contribution is 6.08. The molecule has 0 spiro atoms. The van der Waals surface area contributed by atoms with E-state index >= 15 is 0 Å². The number of amides is 2. The lowest BCUT2D eigenvalue weighted by molar-refractivity contribution is -0.141. The molecule has 1 atom stereocenters. The second kappa shape index (κ2) is 9.14. The summed E-state index contributed by atoms with van der Waals surface area (Å²) in [5.41, 5.74) is 0.755. The maximum Gasteiger partial charge on any atom is 0.325 e. The molecule has 0 aliphatic heterocycles. The first kappa shape index (κ1) is 18.1. The van der Waals surface area contributed by atoms with Gasteiger partial charge in [-0.25, -0.2) is 4.79 Å². The summed E-state index contributed by atoms with van der Waals surface area (Å²) in [6, 6.07) is 6.66. The van der Waals surface area contributed by atoms with Crippen LogP contribution >= 0.6 is 0 Å². The van der Waals surface area contributed by atoms with Gasteiger partial charge in [0.05, 0.1) is 7.11 Å². The fraction of sp³-hybridized carbons (Fsp3) is 0.250. The van der Waals surface area contributed by atoms with E-state index < -0.39 is 30.4 Å². The third-order valence-electron chi connectivity index (χ3n) is 2.93. The number of methoxy groups -OCH3 is 1. The molecule has 0 fully saturated rings. The Balaban J connectivity index is 2.94. The average Bonchev–Trinajstić information content (AvgIpc) is 2.59. The quantitative estimate of drug-likeness (QED) is 0.451. The molecule has 2 amide bonds. The van der Waals surface area contributed by atoms with Crippen LogP contribution in [0.1, 0.15) is 5.56 Å². The van der Waals surface area contributed by atoms with Gasteiger partial charge < -0.3 is 10.1 Å². The molecule has 23 heavy (non-hydrogen) atoms. The highest BCUT2D eigenvalue weighted by atomic mass is 16.5. The number of hydrogen-bond donors (Lipinski definition) is 1. The van der Waals surface area contributed by atoms with Gasteiger partial charge in [0, 0.05) is 7.05 Å². The molecule has 0 saturated heterocycles. The Labute approximate surface area is 133 Å². The van der Waals surface area contributed by atoms with Crippen molar-refractivity contribution in [1.82, 2.24) is 10.2 Å². The van der Waals surface area contributed by atoms with E-state index in [1.165, 1.54) is 19.4 Å². The minimum atomic E-state index is -1.53. The number of rotatable bonds is 7. The molecule has 1 rings (SSSR count). The van der Waals surface area contributed by atoms with Crippen LogP contribution in [0.2, 0.25) is 0 Å². The molecule has 121 valence electrons. The van der Waals surface area contributed by atoms with Gasteiger partial charge in [-0.1, -0.05) is 36.4 Å². The minimum Gasteiger partial charge on any atom is -0.468 e. The predicted molar refractivity (Wildman–Crippen MR) is 83.1 cm³/mol. The second-order valence-electron chi connectivity index (χ2n) is 4.43. The summed E-state index contributed by atoms with van der Waals surface area (Å²) in [4.78, 5) is 47.2. The van der Waals surface area contributed by atoms with E-state index in [9.17, 15) is 19.2 Å². The van der Waals surface area contributed by atoms with Gasteiger partial charge in [0.25, 0.3) is 0 Å². The summed E-state index contributed by atoms with van der Waals surface area (Å²) in [5.74, 6) is -1.43. The fourth-order valence-electron chi connectivity index (χ4n) is 1.74. The highest BCUT2D eigenvalue weighted by Crippen LogP contribution is 2.05. The number of carbonyl (C=O) groups excluding carboxylic acids is 4. The van der Waals surface area contributed by atoms with E-state index in [-0.39, 0.29) is 0 Å². The molecular weight excluding hydrogens is 300 g/mol. The van der Waals surface area contributed by atoms with Crippen LogP contribution in [0.3, 0.4) is 0 Å². The third kappa shape index (κ3) is 5.39. The average molecular weight is 317 g/mol. The third-order valence-corrected chi connectivity index (χ3v) is 2.93. The Morgan fingerprint density at radius 1 is 1.30 bits per heavy atom. The van der Waals surface area contributed by atoms with E-state index in [4.69, 9.17) is 0 Å². The van der Waals surface area contributed by atoms with Crippen LogP contribution in [0.4, 0.5) is 4.79 Å². The number of urea groups is 1. The van der Waals surface area contributed by atoms with Crippen molar-refractivity contribution in [2.45, 2.75) is 6.04 Å². The van der Waals surface area contributed by atoms with Crippen LogP contribution < -0.4 is 5.32 Å². The van der Waals surface area contributed by atoms with E-state index in [0.29, 0.717) is 0 Å².